The molecular weight excluding hydrogens is 308 g/mol. The molecule has 0 aliphatic heterocycles. The Balaban J connectivity index is 1.76. The molecular formula is C22H20N2O. The van der Waals surface area contributed by atoms with Gasteiger partial charge in [-0.1, -0.05) is 84.9 Å². The average Bonchev–Trinajstić information content (AvgIpc) is 2.68. The number of hydrogen-bond donors (Lipinski definition) is 0. The van der Waals surface area contributed by atoms with Crippen molar-refractivity contribution in [3.63, 3.8) is 0 Å². The predicted molar refractivity (Wildman–Crippen MR) is 102 cm³/mol. The van der Waals surface area contributed by atoms with Gasteiger partial charge in [0.25, 0.3) is 0 Å². The van der Waals surface area contributed by atoms with Gasteiger partial charge in [0, 0.05) is 5.56 Å². The number of rotatable bonds is 7. The third kappa shape index (κ3) is 5.15. The van der Waals surface area contributed by atoms with E-state index in [9.17, 15) is 4.79 Å². The maximum absolute atomic E-state index is 10.7. The Morgan fingerprint density at radius 2 is 1.16 bits per heavy atom. The zero-order valence-corrected chi connectivity index (χ0v) is 14.0. The third-order valence-electron chi connectivity index (χ3n) is 3.86. The largest absolute Gasteiger partial charge is 0.298 e. The first kappa shape index (κ1) is 16.7. The average molecular weight is 328 g/mol. The van der Waals surface area contributed by atoms with Gasteiger partial charge < -0.3 is 0 Å². The highest BCUT2D eigenvalue weighted by Crippen LogP contribution is 2.11. The summed E-state index contributed by atoms with van der Waals surface area (Å²) in [6, 6.07) is 28.0. The zero-order valence-electron chi connectivity index (χ0n) is 14.0. The minimum atomic E-state index is 0.669. The SMILES string of the molecule is O=Cc1ccc(C=NN(Cc2ccccc2)Cc2ccccc2)cc1. The maximum Gasteiger partial charge on any atom is 0.150 e. The van der Waals surface area contributed by atoms with Gasteiger partial charge in [-0.3, -0.25) is 9.80 Å². The molecule has 0 unspecified atom stereocenters. The second-order valence-corrected chi connectivity index (χ2v) is 5.82. The summed E-state index contributed by atoms with van der Waals surface area (Å²) in [5.74, 6) is 0. The van der Waals surface area contributed by atoms with Gasteiger partial charge in [0.15, 0.2) is 0 Å². The highest BCUT2D eigenvalue weighted by molar-refractivity contribution is 5.82. The van der Waals surface area contributed by atoms with Crippen molar-refractivity contribution in [2.45, 2.75) is 13.1 Å². The molecule has 0 heterocycles. The van der Waals surface area contributed by atoms with Crippen molar-refractivity contribution in [1.29, 1.82) is 0 Å². The van der Waals surface area contributed by atoms with E-state index in [1.807, 2.05) is 59.8 Å². The van der Waals surface area contributed by atoms with E-state index in [4.69, 9.17) is 0 Å². The molecule has 0 spiro atoms. The lowest BCUT2D eigenvalue weighted by atomic mass is 10.2. The molecule has 0 saturated carbocycles. The molecule has 3 nitrogen and oxygen atoms in total. The number of carbonyl (C=O) groups excluding carboxylic acids is 1. The van der Waals surface area contributed by atoms with Gasteiger partial charge in [-0.2, -0.15) is 5.10 Å². The molecule has 124 valence electrons. The van der Waals surface area contributed by atoms with Crippen LogP contribution >= 0.6 is 0 Å². The minimum absolute atomic E-state index is 0.669. The van der Waals surface area contributed by atoms with Gasteiger partial charge in [0.1, 0.15) is 6.29 Å². The Morgan fingerprint density at radius 1 is 0.680 bits per heavy atom. The molecule has 0 aliphatic rings. The molecule has 0 atom stereocenters. The Morgan fingerprint density at radius 3 is 1.64 bits per heavy atom. The van der Waals surface area contributed by atoms with E-state index in [-0.39, 0.29) is 0 Å². The summed E-state index contributed by atoms with van der Waals surface area (Å²) in [4.78, 5) is 10.7. The Bertz CT molecular complexity index is 770. The summed E-state index contributed by atoms with van der Waals surface area (Å²) in [6.07, 6.45) is 2.68. The summed E-state index contributed by atoms with van der Waals surface area (Å²) < 4.78 is 0. The predicted octanol–water partition coefficient (Wildman–Crippen LogP) is 4.54. The van der Waals surface area contributed by atoms with Crippen LogP contribution in [-0.2, 0) is 13.1 Å². The summed E-state index contributed by atoms with van der Waals surface area (Å²) in [7, 11) is 0. The molecule has 0 aliphatic carbocycles. The second kappa shape index (κ2) is 8.60. The molecule has 0 fully saturated rings. The topological polar surface area (TPSA) is 32.7 Å². The molecule has 0 bridgehead atoms. The van der Waals surface area contributed by atoms with Crippen LogP contribution in [-0.4, -0.2) is 17.5 Å². The molecule has 3 aromatic carbocycles. The van der Waals surface area contributed by atoms with Gasteiger partial charge in [-0.15, -0.1) is 0 Å². The van der Waals surface area contributed by atoms with Gasteiger partial charge in [-0.25, -0.2) is 0 Å². The van der Waals surface area contributed by atoms with E-state index in [0.717, 1.165) is 24.9 Å². The third-order valence-corrected chi connectivity index (χ3v) is 3.86. The van der Waals surface area contributed by atoms with Crippen LogP contribution in [0.2, 0.25) is 0 Å². The van der Waals surface area contributed by atoms with Crippen LogP contribution in [0.3, 0.4) is 0 Å². The number of hydrazone groups is 1. The quantitative estimate of drug-likeness (QED) is 0.362. The Hall–Kier alpha value is -3.20. The lowest BCUT2D eigenvalue weighted by molar-refractivity contribution is 0.112. The first-order chi connectivity index (χ1) is 12.3. The first-order valence-corrected chi connectivity index (χ1v) is 8.25. The van der Waals surface area contributed by atoms with Crippen molar-refractivity contribution in [2.75, 3.05) is 0 Å². The molecule has 0 saturated heterocycles. The number of benzene rings is 3. The smallest absolute Gasteiger partial charge is 0.150 e. The van der Waals surface area contributed by atoms with E-state index in [1.54, 1.807) is 12.1 Å². The van der Waals surface area contributed by atoms with E-state index in [1.165, 1.54) is 11.1 Å². The lowest BCUT2D eigenvalue weighted by Crippen LogP contribution is -2.17. The highest BCUT2D eigenvalue weighted by atomic mass is 16.1. The van der Waals surface area contributed by atoms with E-state index >= 15 is 0 Å². The van der Waals surface area contributed by atoms with E-state index < -0.39 is 0 Å². The Labute approximate surface area is 148 Å². The van der Waals surface area contributed by atoms with Crippen LogP contribution in [0.25, 0.3) is 0 Å². The fraction of sp³-hybridized carbons (Fsp3) is 0.0909. The van der Waals surface area contributed by atoms with Crippen molar-refractivity contribution in [1.82, 2.24) is 5.01 Å². The van der Waals surface area contributed by atoms with Crippen LogP contribution in [0.1, 0.15) is 27.0 Å². The van der Waals surface area contributed by atoms with Crippen molar-refractivity contribution in [3.8, 4) is 0 Å². The van der Waals surface area contributed by atoms with E-state index in [0.29, 0.717) is 5.56 Å². The van der Waals surface area contributed by atoms with Crippen molar-refractivity contribution >= 4 is 12.5 Å². The van der Waals surface area contributed by atoms with Crippen molar-refractivity contribution in [2.24, 2.45) is 5.10 Å². The second-order valence-electron chi connectivity index (χ2n) is 5.82. The van der Waals surface area contributed by atoms with Gasteiger partial charge in [-0.05, 0) is 16.7 Å². The molecule has 0 aromatic heterocycles. The zero-order chi connectivity index (χ0) is 17.3. The van der Waals surface area contributed by atoms with Crippen LogP contribution in [0.5, 0.6) is 0 Å². The fourth-order valence-corrected chi connectivity index (χ4v) is 2.53. The van der Waals surface area contributed by atoms with E-state index in [2.05, 4.69) is 29.4 Å². The summed E-state index contributed by atoms with van der Waals surface area (Å²) in [6.45, 7) is 1.47. The van der Waals surface area contributed by atoms with Gasteiger partial charge in [0.2, 0.25) is 0 Å². The normalized spacial score (nSPS) is 10.7. The molecule has 3 heteroatoms. The maximum atomic E-state index is 10.7. The lowest BCUT2D eigenvalue weighted by Gasteiger charge is -2.19. The summed E-state index contributed by atoms with van der Waals surface area (Å²) >= 11 is 0. The summed E-state index contributed by atoms with van der Waals surface area (Å²) in [5, 5.41) is 6.70. The minimum Gasteiger partial charge on any atom is -0.298 e. The van der Waals surface area contributed by atoms with Crippen LogP contribution < -0.4 is 0 Å². The molecule has 0 radical (unpaired) electrons. The molecule has 0 N–H and O–H groups in total. The fourth-order valence-electron chi connectivity index (χ4n) is 2.53. The van der Waals surface area contributed by atoms with Crippen LogP contribution in [0.4, 0.5) is 0 Å². The number of carbonyl (C=O) groups is 1. The summed E-state index contributed by atoms with van der Waals surface area (Å²) in [5.41, 5.74) is 4.07. The number of hydrogen-bond acceptors (Lipinski definition) is 3. The van der Waals surface area contributed by atoms with Gasteiger partial charge in [0.05, 0.1) is 19.3 Å². The molecule has 0 amide bonds. The van der Waals surface area contributed by atoms with Gasteiger partial charge >= 0.3 is 0 Å². The monoisotopic (exact) mass is 328 g/mol. The standard InChI is InChI=1S/C22H20N2O/c25-18-22-13-11-19(12-14-22)15-23-24(16-20-7-3-1-4-8-20)17-21-9-5-2-6-10-21/h1-15,18H,16-17H2. The molecule has 3 aromatic rings. The molecule has 25 heavy (non-hydrogen) atoms. The number of aldehydes is 1. The molecule has 3 rings (SSSR count). The highest BCUT2D eigenvalue weighted by Gasteiger charge is 2.04. The number of nitrogens with zero attached hydrogens (tertiary/aromatic N) is 2. The van der Waals surface area contributed by atoms with Crippen molar-refractivity contribution < 1.29 is 4.79 Å². The van der Waals surface area contributed by atoms with Crippen molar-refractivity contribution in [3.05, 3.63) is 107 Å². The first-order valence-electron chi connectivity index (χ1n) is 8.25. The van der Waals surface area contributed by atoms with Crippen LogP contribution in [0.15, 0.2) is 90.0 Å². The Kier molecular flexibility index (Phi) is 5.73. The van der Waals surface area contributed by atoms with Crippen LogP contribution in [0, 0.1) is 0 Å².